The van der Waals surface area contributed by atoms with Crippen LogP contribution in [0.15, 0.2) is 36.4 Å². The molecular formula is C33H42ClNO5. The smallest absolute Gasteiger partial charge is 0.339 e. The van der Waals surface area contributed by atoms with Gasteiger partial charge < -0.3 is 24.2 Å². The molecule has 1 heterocycles. The van der Waals surface area contributed by atoms with Gasteiger partial charge in [0.05, 0.1) is 42.2 Å². The maximum Gasteiger partial charge on any atom is 0.339 e. The molecule has 2 fully saturated rings. The number of carbonyl (C=O) groups excluding carboxylic acids is 1. The fourth-order valence-electron chi connectivity index (χ4n) is 8.16. The number of anilines is 1. The van der Waals surface area contributed by atoms with Gasteiger partial charge in [0.2, 0.25) is 0 Å². The lowest BCUT2D eigenvalue weighted by atomic mass is 9.65. The van der Waals surface area contributed by atoms with Crippen molar-refractivity contribution in [1.82, 2.24) is 0 Å². The number of halogens is 1. The molecule has 0 aromatic heterocycles. The number of aliphatic hydroxyl groups is 1. The Morgan fingerprint density at radius 2 is 2.00 bits per heavy atom. The Kier molecular flexibility index (Phi) is 8.04. The first-order chi connectivity index (χ1) is 19.4. The van der Waals surface area contributed by atoms with Crippen molar-refractivity contribution in [2.24, 2.45) is 17.8 Å². The van der Waals surface area contributed by atoms with Crippen molar-refractivity contribution in [1.29, 1.82) is 0 Å². The highest BCUT2D eigenvalue weighted by Gasteiger charge is 2.46. The number of aliphatic hydroxyl groups excluding tert-OH is 1. The van der Waals surface area contributed by atoms with E-state index < -0.39 is 5.97 Å². The molecular weight excluding hydrogens is 526 g/mol. The fourth-order valence-corrected chi connectivity index (χ4v) is 8.52. The first kappa shape index (κ1) is 27.9. The van der Waals surface area contributed by atoms with Gasteiger partial charge in [-0.05, 0) is 92.4 Å². The molecule has 6 nitrogen and oxygen atoms in total. The van der Waals surface area contributed by atoms with E-state index in [1.54, 1.807) is 6.07 Å². The minimum absolute atomic E-state index is 0.151. The zero-order valence-electron chi connectivity index (χ0n) is 23.7. The van der Waals surface area contributed by atoms with Crippen LogP contribution in [-0.2, 0) is 21.3 Å². The summed E-state index contributed by atoms with van der Waals surface area (Å²) in [6.45, 7) is 2.19. The summed E-state index contributed by atoms with van der Waals surface area (Å²) in [5, 5.41) is 10.8. The van der Waals surface area contributed by atoms with E-state index in [1.807, 2.05) is 13.2 Å². The van der Waals surface area contributed by atoms with E-state index in [0.717, 1.165) is 82.3 Å². The van der Waals surface area contributed by atoms with Gasteiger partial charge in [0.15, 0.2) is 0 Å². The molecule has 40 heavy (non-hydrogen) atoms. The predicted molar refractivity (Wildman–Crippen MR) is 157 cm³/mol. The van der Waals surface area contributed by atoms with Crippen LogP contribution in [0.3, 0.4) is 0 Å². The van der Waals surface area contributed by atoms with Crippen LogP contribution in [-0.4, -0.2) is 57.2 Å². The number of benzene rings is 2. The van der Waals surface area contributed by atoms with Crippen LogP contribution in [0.4, 0.5) is 5.69 Å². The van der Waals surface area contributed by atoms with Crippen LogP contribution in [0.1, 0.15) is 72.9 Å². The van der Waals surface area contributed by atoms with E-state index in [2.05, 4.69) is 29.2 Å². The minimum Gasteiger partial charge on any atom is -0.490 e. The topological polar surface area (TPSA) is 68.2 Å². The van der Waals surface area contributed by atoms with Gasteiger partial charge in [0, 0.05) is 25.6 Å². The van der Waals surface area contributed by atoms with Crippen molar-refractivity contribution in [3.63, 3.8) is 0 Å². The fraction of sp³-hybridized carbons (Fsp3) is 0.606. The second kappa shape index (κ2) is 11.5. The summed E-state index contributed by atoms with van der Waals surface area (Å²) in [5.74, 6) is 1.56. The number of carbonyl (C=O) groups is 1. The highest BCUT2D eigenvalue weighted by atomic mass is 35.5. The zero-order valence-corrected chi connectivity index (χ0v) is 24.5. The molecule has 7 heteroatoms. The summed E-state index contributed by atoms with van der Waals surface area (Å²) >= 11 is 7.03. The van der Waals surface area contributed by atoms with Crippen molar-refractivity contribution < 1.29 is 24.1 Å². The molecule has 0 radical (unpaired) electrons. The molecule has 4 aliphatic rings. The molecule has 0 unspecified atom stereocenters. The van der Waals surface area contributed by atoms with Gasteiger partial charge >= 0.3 is 5.97 Å². The minimum atomic E-state index is -0.438. The molecule has 216 valence electrons. The lowest BCUT2D eigenvalue weighted by Gasteiger charge is -2.48. The quantitative estimate of drug-likeness (QED) is 0.420. The Hall–Kier alpha value is -2.28. The van der Waals surface area contributed by atoms with Crippen LogP contribution >= 0.6 is 11.6 Å². The normalized spacial score (nSPS) is 30.4. The summed E-state index contributed by atoms with van der Waals surface area (Å²) < 4.78 is 17.8. The van der Waals surface area contributed by atoms with Crippen molar-refractivity contribution in [2.75, 3.05) is 38.8 Å². The molecule has 6 atom stereocenters. The summed E-state index contributed by atoms with van der Waals surface area (Å²) in [5.41, 5.74) is 3.79. The van der Waals surface area contributed by atoms with Gasteiger partial charge in [-0.25, -0.2) is 4.79 Å². The molecule has 1 aliphatic heterocycles. The van der Waals surface area contributed by atoms with E-state index in [-0.39, 0.29) is 17.6 Å². The number of hydrogen-bond donors (Lipinski definition) is 1. The molecule has 1 N–H and O–H groups in total. The molecule has 3 aliphatic carbocycles. The Bertz CT molecular complexity index is 1240. The summed E-state index contributed by atoms with van der Waals surface area (Å²) in [7, 11) is 3.22. The molecule has 0 bridgehead atoms. The first-order valence-electron chi connectivity index (χ1n) is 15.0. The average molecular weight is 568 g/mol. The lowest BCUT2D eigenvalue weighted by Crippen LogP contribution is -2.51. The van der Waals surface area contributed by atoms with Crippen molar-refractivity contribution in [3.8, 4) is 5.75 Å². The number of ether oxygens (including phenoxy) is 3. The Morgan fingerprint density at radius 3 is 2.75 bits per heavy atom. The second-order valence-corrected chi connectivity index (χ2v) is 12.9. The van der Waals surface area contributed by atoms with Crippen molar-refractivity contribution >= 4 is 23.3 Å². The number of methoxy groups -OCH3 is 2. The lowest BCUT2D eigenvalue weighted by molar-refractivity contribution is -0.0721. The van der Waals surface area contributed by atoms with E-state index in [1.165, 1.54) is 18.2 Å². The third kappa shape index (κ3) is 5.01. The highest BCUT2D eigenvalue weighted by Crippen LogP contribution is 2.50. The van der Waals surface area contributed by atoms with Crippen molar-refractivity contribution in [3.05, 3.63) is 58.1 Å². The number of rotatable bonds is 6. The van der Waals surface area contributed by atoms with Gasteiger partial charge in [0.1, 0.15) is 5.75 Å². The van der Waals surface area contributed by atoms with Crippen LogP contribution < -0.4 is 9.64 Å². The molecule has 6 rings (SSSR count). The maximum atomic E-state index is 12.6. The summed E-state index contributed by atoms with van der Waals surface area (Å²) in [4.78, 5) is 15.1. The molecule has 2 saturated carbocycles. The SMILES string of the molecule is COC(=O)c1ccc2c(c1Cl)N(C[C@@H]1CC[C@H]1[C@H](OC)[C@H]1CCC[C@H](O)C1)C[C@@]1(CCCc3ccccc31)CO2. The summed E-state index contributed by atoms with van der Waals surface area (Å²) in [6, 6.07) is 12.4. The summed E-state index contributed by atoms with van der Waals surface area (Å²) in [6.07, 6.45) is 9.36. The van der Waals surface area contributed by atoms with E-state index in [9.17, 15) is 9.90 Å². The second-order valence-electron chi connectivity index (χ2n) is 12.5. The average Bonchev–Trinajstić information content (AvgIpc) is 3.11. The monoisotopic (exact) mass is 567 g/mol. The van der Waals surface area contributed by atoms with Gasteiger partial charge in [-0.3, -0.25) is 0 Å². The third-order valence-corrected chi connectivity index (χ3v) is 10.6. The van der Waals surface area contributed by atoms with Crippen molar-refractivity contribution in [2.45, 2.75) is 75.4 Å². The Balaban J connectivity index is 1.35. The van der Waals surface area contributed by atoms with E-state index in [4.69, 9.17) is 25.8 Å². The Morgan fingerprint density at radius 1 is 1.15 bits per heavy atom. The molecule has 2 aromatic rings. The maximum absolute atomic E-state index is 12.6. The van der Waals surface area contributed by atoms with Gasteiger partial charge in [-0.15, -0.1) is 0 Å². The van der Waals surface area contributed by atoms with Gasteiger partial charge in [-0.1, -0.05) is 42.3 Å². The van der Waals surface area contributed by atoms with Crippen LogP contribution in [0.5, 0.6) is 5.75 Å². The van der Waals surface area contributed by atoms with E-state index in [0.29, 0.717) is 34.9 Å². The van der Waals surface area contributed by atoms with Gasteiger partial charge in [0.25, 0.3) is 0 Å². The number of aryl methyl sites for hydroxylation is 1. The molecule has 1 spiro atoms. The highest BCUT2D eigenvalue weighted by molar-refractivity contribution is 6.36. The largest absolute Gasteiger partial charge is 0.490 e. The first-order valence-corrected chi connectivity index (χ1v) is 15.4. The molecule has 0 saturated heterocycles. The molecule has 0 amide bonds. The number of nitrogens with zero attached hydrogens (tertiary/aromatic N) is 1. The van der Waals surface area contributed by atoms with Crippen LogP contribution in [0.2, 0.25) is 5.02 Å². The van der Waals surface area contributed by atoms with E-state index >= 15 is 0 Å². The number of esters is 1. The van der Waals surface area contributed by atoms with Crippen LogP contribution in [0.25, 0.3) is 0 Å². The van der Waals surface area contributed by atoms with Crippen LogP contribution in [0, 0.1) is 17.8 Å². The molecule has 2 aromatic carbocycles. The van der Waals surface area contributed by atoms with Gasteiger partial charge in [-0.2, -0.15) is 0 Å². The standard InChI is InChI=1S/C33H42ClNO5/c1-38-31(22-8-5-10-24(36)17-22)25-13-12-23(25)18-35-19-33(16-6-9-21-7-3-4-11-27(21)33)20-40-28-15-14-26(32(37)39-2)29(34)30(28)35/h3-4,7,11,14-15,22-25,31,36H,5-6,8-10,12-13,16-20H2,1-2H3/t22-,23-,24-,25+,31+,33-/m0/s1. The zero-order chi connectivity index (χ0) is 27.9. The Labute approximate surface area is 242 Å². The number of hydrogen-bond acceptors (Lipinski definition) is 6. The number of fused-ring (bicyclic) bond motifs is 3. The third-order valence-electron chi connectivity index (χ3n) is 10.3. The predicted octanol–water partition coefficient (Wildman–Crippen LogP) is 6.19.